The number of likely N-dealkylation sites (tertiary alicyclic amines) is 1. The highest BCUT2D eigenvalue weighted by atomic mass is 16.3. The zero-order chi connectivity index (χ0) is 12.1. The quantitative estimate of drug-likeness (QED) is 0.778. The maximum absolute atomic E-state index is 10.0. The van der Waals surface area contributed by atoms with E-state index in [-0.39, 0.29) is 0 Å². The number of hydrogen-bond donors (Lipinski definition) is 2. The van der Waals surface area contributed by atoms with Gasteiger partial charge in [0.2, 0.25) is 0 Å². The lowest BCUT2D eigenvalue weighted by atomic mass is 10.0. The summed E-state index contributed by atoms with van der Waals surface area (Å²) >= 11 is 0. The third-order valence-electron chi connectivity index (χ3n) is 3.37. The van der Waals surface area contributed by atoms with Crippen LogP contribution in [0.25, 0.3) is 6.08 Å². The zero-order valence-electron chi connectivity index (χ0n) is 10.3. The molecule has 2 rings (SSSR count). The highest BCUT2D eigenvalue weighted by molar-refractivity contribution is 5.48. The van der Waals surface area contributed by atoms with Gasteiger partial charge < -0.3 is 10.0 Å². The van der Waals surface area contributed by atoms with Crippen molar-refractivity contribution in [3.8, 4) is 0 Å². The molecular formula is C14H20N2O. The molecule has 0 spiro atoms. The molecule has 3 nitrogen and oxygen atoms in total. The summed E-state index contributed by atoms with van der Waals surface area (Å²) in [6.07, 6.45) is 5.76. The van der Waals surface area contributed by atoms with Crippen LogP contribution < -0.4 is 5.32 Å². The fraction of sp³-hybridized carbons (Fsp3) is 0.429. The fourth-order valence-electron chi connectivity index (χ4n) is 2.05. The van der Waals surface area contributed by atoms with E-state index in [1.54, 1.807) is 0 Å². The summed E-state index contributed by atoms with van der Waals surface area (Å²) in [5.41, 5.74) is 0.541. The molecule has 1 aromatic rings. The molecule has 1 fully saturated rings. The number of nitrogens with one attached hydrogen (secondary N) is 1. The van der Waals surface area contributed by atoms with E-state index in [1.807, 2.05) is 25.2 Å². The van der Waals surface area contributed by atoms with Gasteiger partial charge in [0, 0.05) is 25.9 Å². The van der Waals surface area contributed by atoms with Gasteiger partial charge in [-0.3, -0.25) is 5.32 Å². The lowest BCUT2D eigenvalue weighted by Gasteiger charge is -2.37. The van der Waals surface area contributed by atoms with Crippen LogP contribution >= 0.6 is 0 Å². The van der Waals surface area contributed by atoms with Crippen LogP contribution in [0.3, 0.4) is 0 Å². The van der Waals surface area contributed by atoms with E-state index in [1.165, 1.54) is 5.56 Å². The number of nitrogens with zero attached hydrogens (tertiary/aromatic N) is 1. The molecule has 0 atom stereocenters. The molecule has 0 aromatic heterocycles. The van der Waals surface area contributed by atoms with Crippen LogP contribution in [-0.4, -0.2) is 35.9 Å². The molecule has 0 radical (unpaired) electrons. The van der Waals surface area contributed by atoms with Gasteiger partial charge in [-0.2, -0.15) is 0 Å². The van der Waals surface area contributed by atoms with Crippen LogP contribution in [0.5, 0.6) is 0 Å². The monoisotopic (exact) mass is 232 g/mol. The summed E-state index contributed by atoms with van der Waals surface area (Å²) in [4.78, 5) is 2.25. The number of piperidine rings is 1. The largest absolute Gasteiger partial charge is 0.377 e. The van der Waals surface area contributed by atoms with Crippen molar-refractivity contribution in [2.24, 2.45) is 0 Å². The second-order valence-electron chi connectivity index (χ2n) is 4.54. The van der Waals surface area contributed by atoms with Crippen LogP contribution in [0, 0.1) is 0 Å². The number of hydrogen-bond acceptors (Lipinski definition) is 3. The average Bonchev–Trinajstić information content (AvgIpc) is 2.39. The molecule has 17 heavy (non-hydrogen) atoms. The molecule has 0 saturated carbocycles. The topological polar surface area (TPSA) is 35.5 Å². The second-order valence-corrected chi connectivity index (χ2v) is 4.54. The van der Waals surface area contributed by atoms with E-state index in [2.05, 4.69) is 34.6 Å². The Morgan fingerprint density at radius 2 is 1.88 bits per heavy atom. The van der Waals surface area contributed by atoms with Gasteiger partial charge in [-0.25, -0.2) is 0 Å². The van der Waals surface area contributed by atoms with Gasteiger partial charge in [0.1, 0.15) is 5.72 Å². The standard InChI is InChI=1S/C14H20N2O/c1-15-14(17)8-11-16(12-9-14)10-7-13-5-3-2-4-6-13/h2-7,10,15,17H,8-9,11-12H2,1H3. The minimum atomic E-state index is -0.670. The first-order chi connectivity index (χ1) is 8.22. The molecule has 3 heteroatoms. The summed E-state index contributed by atoms with van der Waals surface area (Å²) in [6.45, 7) is 1.78. The Bertz CT molecular complexity index is 367. The Balaban J connectivity index is 1.88. The number of rotatable bonds is 3. The third kappa shape index (κ3) is 3.32. The van der Waals surface area contributed by atoms with Gasteiger partial charge in [0.25, 0.3) is 0 Å². The number of aliphatic hydroxyl groups is 1. The van der Waals surface area contributed by atoms with Crippen LogP contribution in [0.4, 0.5) is 0 Å². The molecule has 1 saturated heterocycles. The summed E-state index contributed by atoms with van der Waals surface area (Å²) in [7, 11) is 1.81. The predicted molar refractivity (Wildman–Crippen MR) is 70.3 cm³/mol. The molecule has 0 unspecified atom stereocenters. The van der Waals surface area contributed by atoms with Gasteiger partial charge in [0.05, 0.1) is 0 Å². The van der Waals surface area contributed by atoms with Crippen molar-refractivity contribution >= 4 is 6.08 Å². The molecule has 0 amide bonds. The average molecular weight is 232 g/mol. The van der Waals surface area contributed by atoms with Gasteiger partial charge in [-0.15, -0.1) is 0 Å². The Kier molecular flexibility index (Phi) is 3.82. The maximum Gasteiger partial charge on any atom is 0.119 e. The predicted octanol–water partition coefficient (Wildman–Crippen LogP) is 1.66. The Hall–Kier alpha value is -1.32. The molecular weight excluding hydrogens is 212 g/mol. The van der Waals surface area contributed by atoms with Crippen molar-refractivity contribution in [2.75, 3.05) is 20.1 Å². The van der Waals surface area contributed by atoms with Gasteiger partial charge in [-0.05, 0) is 24.9 Å². The van der Waals surface area contributed by atoms with Gasteiger partial charge in [0.15, 0.2) is 0 Å². The molecule has 0 bridgehead atoms. The van der Waals surface area contributed by atoms with Crippen molar-refractivity contribution in [1.82, 2.24) is 10.2 Å². The SMILES string of the molecule is CNC1(O)CCN(C=Cc2ccccc2)CC1. The van der Waals surface area contributed by atoms with E-state index in [0.717, 1.165) is 25.9 Å². The first-order valence-corrected chi connectivity index (χ1v) is 6.10. The smallest absolute Gasteiger partial charge is 0.119 e. The second kappa shape index (κ2) is 5.34. The maximum atomic E-state index is 10.0. The normalized spacial score (nSPS) is 19.8. The van der Waals surface area contributed by atoms with Crippen LogP contribution in [0.1, 0.15) is 18.4 Å². The third-order valence-corrected chi connectivity index (χ3v) is 3.37. The highest BCUT2D eigenvalue weighted by Gasteiger charge is 2.29. The van der Waals surface area contributed by atoms with E-state index in [4.69, 9.17) is 0 Å². The minimum absolute atomic E-state index is 0.670. The first-order valence-electron chi connectivity index (χ1n) is 6.10. The molecule has 1 aliphatic rings. The van der Waals surface area contributed by atoms with Crippen molar-refractivity contribution in [3.05, 3.63) is 42.1 Å². The number of benzene rings is 1. The summed E-state index contributed by atoms with van der Waals surface area (Å²) in [5.74, 6) is 0. The van der Waals surface area contributed by atoms with Crippen molar-refractivity contribution in [2.45, 2.75) is 18.6 Å². The highest BCUT2D eigenvalue weighted by Crippen LogP contribution is 2.19. The van der Waals surface area contributed by atoms with Crippen LogP contribution in [-0.2, 0) is 0 Å². The molecule has 1 aromatic carbocycles. The molecule has 92 valence electrons. The lowest BCUT2D eigenvalue weighted by molar-refractivity contribution is -0.0342. The summed E-state index contributed by atoms with van der Waals surface area (Å²) in [5, 5.41) is 13.0. The first kappa shape index (κ1) is 12.1. The Morgan fingerprint density at radius 3 is 2.47 bits per heavy atom. The molecule has 1 aliphatic heterocycles. The lowest BCUT2D eigenvalue weighted by Crippen LogP contribution is -2.50. The molecule has 2 N–H and O–H groups in total. The van der Waals surface area contributed by atoms with Crippen molar-refractivity contribution in [1.29, 1.82) is 0 Å². The fourth-order valence-corrected chi connectivity index (χ4v) is 2.05. The van der Waals surface area contributed by atoms with E-state index < -0.39 is 5.72 Å². The van der Waals surface area contributed by atoms with E-state index >= 15 is 0 Å². The minimum Gasteiger partial charge on any atom is -0.377 e. The summed E-state index contributed by atoms with van der Waals surface area (Å²) in [6, 6.07) is 10.3. The molecule has 0 aliphatic carbocycles. The van der Waals surface area contributed by atoms with Gasteiger partial charge in [-0.1, -0.05) is 30.3 Å². The van der Waals surface area contributed by atoms with Crippen molar-refractivity contribution < 1.29 is 5.11 Å². The Morgan fingerprint density at radius 1 is 1.24 bits per heavy atom. The van der Waals surface area contributed by atoms with E-state index in [9.17, 15) is 5.11 Å². The molecule has 1 heterocycles. The van der Waals surface area contributed by atoms with Crippen molar-refractivity contribution in [3.63, 3.8) is 0 Å². The van der Waals surface area contributed by atoms with Crippen LogP contribution in [0.15, 0.2) is 36.5 Å². The summed E-state index contributed by atoms with van der Waals surface area (Å²) < 4.78 is 0. The zero-order valence-corrected chi connectivity index (χ0v) is 10.3. The van der Waals surface area contributed by atoms with E-state index in [0.29, 0.717) is 0 Å². The van der Waals surface area contributed by atoms with Gasteiger partial charge >= 0.3 is 0 Å². The Labute approximate surface area is 103 Å². The van der Waals surface area contributed by atoms with Crippen LogP contribution in [0.2, 0.25) is 0 Å².